The van der Waals surface area contributed by atoms with Gasteiger partial charge in [-0.1, -0.05) is 44.0 Å². The predicted molar refractivity (Wildman–Crippen MR) is 156 cm³/mol. The third kappa shape index (κ3) is 7.24. The van der Waals surface area contributed by atoms with Gasteiger partial charge in [-0.2, -0.15) is 5.10 Å². The summed E-state index contributed by atoms with van der Waals surface area (Å²) >= 11 is 6.69. The lowest BCUT2D eigenvalue weighted by Crippen LogP contribution is -2.21. The predicted octanol–water partition coefficient (Wildman–Crippen LogP) is 6.36. The lowest BCUT2D eigenvalue weighted by molar-refractivity contribution is -0.384. The Kier molecular flexibility index (Phi) is 9.15. The van der Waals surface area contributed by atoms with E-state index in [2.05, 4.69) is 47.7 Å². The molecule has 0 saturated heterocycles. The van der Waals surface area contributed by atoms with E-state index in [1.54, 1.807) is 54.6 Å². The van der Waals surface area contributed by atoms with Crippen LogP contribution in [0.5, 0.6) is 5.75 Å². The van der Waals surface area contributed by atoms with Crippen molar-refractivity contribution in [1.82, 2.24) is 5.43 Å². The van der Waals surface area contributed by atoms with Crippen LogP contribution in [0.2, 0.25) is 0 Å². The minimum absolute atomic E-state index is 0.131. The fourth-order valence-corrected chi connectivity index (χ4v) is 4.04. The highest BCUT2D eigenvalue weighted by atomic mass is 79.9. The molecule has 0 fully saturated rings. The van der Waals surface area contributed by atoms with Crippen molar-refractivity contribution in [2.45, 2.75) is 0 Å². The summed E-state index contributed by atoms with van der Waals surface area (Å²) in [6.07, 6.45) is 1.32. The summed E-state index contributed by atoms with van der Waals surface area (Å²) in [4.78, 5) is 48.4. The molecule has 0 aliphatic carbocycles. The van der Waals surface area contributed by atoms with Crippen LogP contribution >= 0.6 is 31.9 Å². The van der Waals surface area contributed by atoms with Gasteiger partial charge in [0, 0.05) is 32.2 Å². The van der Waals surface area contributed by atoms with E-state index in [0.717, 1.165) is 4.47 Å². The maximum absolute atomic E-state index is 12.9. The molecule has 12 heteroatoms. The maximum Gasteiger partial charge on any atom is 0.343 e. The molecule has 0 aromatic heterocycles. The second-order valence-electron chi connectivity index (χ2n) is 8.08. The Morgan fingerprint density at radius 3 is 2.17 bits per heavy atom. The topological polar surface area (TPSA) is 140 Å². The standard InChI is InChI=1S/C28H18Br2N4O6/c29-20-9-5-18(6-10-20)28(37)40-25-14-11-21(30)15-19(25)16-31-33-27(36)23-3-1-2-4-24(23)32-26(35)17-7-12-22(13-8-17)34(38)39/h1-16H,(H,32,35)(H,33,36)/b31-16-. The van der Waals surface area contributed by atoms with Crippen LogP contribution in [-0.2, 0) is 0 Å². The van der Waals surface area contributed by atoms with Crippen molar-refractivity contribution >= 4 is 67.2 Å². The number of nitro benzene ring substituents is 1. The van der Waals surface area contributed by atoms with Crippen LogP contribution < -0.4 is 15.5 Å². The van der Waals surface area contributed by atoms with Gasteiger partial charge < -0.3 is 10.1 Å². The highest BCUT2D eigenvalue weighted by molar-refractivity contribution is 9.10. The largest absolute Gasteiger partial charge is 0.422 e. The van der Waals surface area contributed by atoms with E-state index in [9.17, 15) is 24.5 Å². The summed E-state index contributed by atoms with van der Waals surface area (Å²) in [5, 5.41) is 17.5. The molecule has 0 unspecified atom stereocenters. The summed E-state index contributed by atoms with van der Waals surface area (Å²) in [5.41, 5.74) is 3.55. The van der Waals surface area contributed by atoms with E-state index in [1.165, 1.54) is 42.6 Å². The number of carbonyl (C=O) groups excluding carboxylic acids is 3. The van der Waals surface area contributed by atoms with Crippen LogP contribution in [0.15, 0.2) is 105 Å². The van der Waals surface area contributed by atoms with E-state index >= 15 is 0 Å². The fraction of sp³-hybridized carbons (Fsp3) is 0. The zero-order chi connectivity index (χ0) is 28.6. The van der Waals surface area contributed by atoms with E-state index in [-0.39, 0.29) is 28.3 Å². The average molecular weight is 666 g/mol. The molecule has 40 heavy (non-hydrogen) atoms. The molecule has 0 saturated carbocycles. The van der Waals surface area contributed by atoms with Crippen molar-refractivity contribution in [2.24, 2.45) is 5.10 Å². The first kappa shape index (κ1) is 28.3. The van der Waals surface area contributed by atoms with E-state index in [0.29, 0.717) is 15.6 Å². The van der Waals surface area contributed by atoms with E-state index in [1.807, 2.05) is 0 Å². The van der Waals surface area contributed by atoms with Crippen molar-refractivity contribution in [2.75, 3.05) is 5.32 Å². The van der Waals surface area contributed by atoms with E-state index < -0.39 is 22.7 Å². The minimum Gasteiger partial charge on any atom is -0.422 e. The number of halogens is 2. The zero-order valence-corrected chi connectivity index (χ0v) is 23.5. The number of rotatable bonds is 8. The Hall–Kier alpha value is -4.68. The molecule has 0 radical (unpaired) electrons. The van der Waals surface area contributed by atoms with Gasteiger partial charge >= 0.3 is 5.97 Å². The molecule has 0 atom stereocenters. The first-order valence-electron chi connectivity index (χ1n) is 11.5. The van der Waals surface area contributed by atoms with Crippen molar-refractivity contribution < 1.29 is 24.0 Å². The van der Waals surface area contributed by atoms with Crippen LogP contribution in [0, 0.1) is 10.1 Å². The summed E-state index contributed by atoms with van der Waals surface area (Å²) < 4.78 is 7.05. The summed E-state index contributed by atoms with van der Waals surface area (Å²) in [7, 11) is 0. The average Bonchev–Trinajstić information content (AvgIpc) is 2.95. The molecule has 200 valence electrons. The molecule has 4 aromatic rings. The number of amides is 2. The lowest BCUT2D eigenvalue weighted by atomic mass is 10.1. The third-order valence-corrected chi connectivity index (χ3v) is 6.41. The molecule has 0 aliphatic rings. The Morgan fingerprint density at radius 2 is 1.48 bits per heavy atom. The van der Waals surface area contributed by atoms with Gasteiger partial charge in [-0.3, -0.25) is 19.7 Å². The highest BCUT2D eigenvalue weighted by Crippen LogP contribution is 2.24. The van der Waals surface area contributed by atoms with Crippen LogP contribution in [0.4, 0.5) is 11.4 Å². The lowest BCUT2D eigenvalue weighted by Gasteiger charge is -2.10. The number of non-ortho nitro benzene ring substituents is 1. The number of nitrogens with zero attached hydrogens (tertiary/aromatic N) is 2. The number of hydrogen-bond donors (Lipinski definition) is 2. The Morgan fingerprint density at radius 1 is 0.825 bits per heavy atom. The molecule has 10 nitrogen and oxygen atoms in total. The first-order chi connectivity index (χ1) is 19.2. The van der Waals surface area contributed by atoms with Gasteiger partial charge in [0.1, 0.15) is 5.75 Å². The van der Waals surface area contributed by atoms with E-state index in [4.69, 9.17) is 4.74 Å². The molecule has 0 bridgehead atoms. The second kappa shape index (κ2) is 12.9. The Labute approximate surface area is 244 Å². The molecule has 0 aliphatic heterocycles. The number of hydrazone groups is 1. The second-order valence-corrected chi connectivity index (χ2v) is 9.91. The van der Waals surface area contributed by atoms with Crippen LogP contribution in [0.3, 0.4) is 0 Å². The van der Waals surface area contributed by atoms with Gasteiger partial charge in [-0.15, -0.1) is 0 Å². The minimum atomic E-state index is -0.612. The number of carbonyl (C=O) groups is 3. The molecule has 4 aromatic carbocycles. The van der Waals surface area contributed by atoms with Crippen LogP contribution in [-0.4, -0.2) is 28.9 Å². The fourth-order valence-electron chi connectivity index (χ4n) is 3.40. The number of benzene rings is 4. The number of esters is 1. The Balaban J connectivity index is 1.46. The van der Waals surface area contributed by atoms with Gasteiger partial charge in [0.15, 0.2) is 0 Å². The monoisotopic (exact) mass is 664 g/mol. The zero-order valence-electron chi connectivity index (χ0n) is 20.3. The number of hydrogen-bond acceptors (Lipinski definition) is 7. The smallest absolute Gasteiger partial charge is 0.343 e. The number of para-hydroxylation sites is 1. The van der Waals surface area contributed by atoms with Crippen molar-refractivity contribution in [1.29, 1.82) is 0 Å². The molecule has 0 heterocycles. The Bertz CT molecular complexity index is 1620. The summed E-state index contributed by atoms with van der Waals surface area (Å²) in [5.74, 6) is -1.50. The van der Waals surface area contributed by atoms with Gasteiger partial charge in [0.2, 0.25) is 0 Å². The van der Waals surface area contributed by atoms with Crippen LogP contribution in [0.1, 0.15) is 36.6 Å². The maximum atomic E-state index is 12.9. The first-order valence-corrected chi connectivity index (χ1v) is 13.1. The molecule has 2 amide bonds. The SMILES string of the molecule is O=C(Nc1ccccc1C(=O)N/N=C\c1cc(Br)ccc1OC(=O)c1ccc(Br)cc1)c1ccc([N+](=O)[O-])cc1. The van der Waals surface area contributed by atoms with Crippen molar-refractivity contribution in [3.63, 3.8) is 0 Å². The quantitative estimate of drug-likeness (QED) is 0.0739. The molecular weight excluding hydrogens is 648 g/mol. The molecule has 0 spiro atoms. The van der Waals surface area contributed by atoms with Gasteiger partial charge in [-0.05, 0) is 66.7 Å². The number of nitro groups is 1. The number of ether oxygens (including phenoxy) is 1. The normalized spacial score (nSPS) is 10.7. The summed E-state index contributed by atoms with van der Waals surface area (Å²) in [6, 6.07) is 23.0. The van der Waals surface area contributed by atoms with Crippen molar-refractivity contribution in [3.8, 4) is 5.75 Å². The molecular formula is C28H18Br2N4O6. The summed E-state index contributed by atoms with van der Waals surface area (Å²) in [6.45, 7) is 0. The van der Waals surface area contributed by atoms with Gasteiger partial charge in [0.25, 0.3) is 17.5 Å². The van der Waals surface area contributed by atoms with Crippen LogP contribution in [0.25, 0.3) is 0 Å². The highest BCUT2D eigenvalue weighted by Gasteiger charge is 2.16. The van der Waals surface area contributed by atoms with Gasteiger partial charge in [0.05, 0.1) is 28.0 Å². The number of nitrogens with one attached hydrogen (secondary N) is 2. The molecule has 4 rings (SSSR count). The van der Waals surface area contributed by atoms with Gasteiger partial charge in [-0.25, -0.2) is 10.2 Å². The number of anilines is 1. The molecule has 2 N–H and O–H groups in total. The van der Waals surface area contributed by atoms with Crippen molar-refractivity contribution in [3.05, 3.63) is 132 Å². The third-order valence-electron chi connectivity index (χ3n) is 5.38.